The van der Waals surface area contributed by atoms with Crippen molar-refractivity contribution in [1.82, 2.24) is 5.32 Å². The van der Waals surface area contributed by atoms with Crippen molar-refractivity contribution >= 4 is 17.2 Å². The van der Waals surface area contributed by atoms with E-state index in [0.29, 0.717) is 10.3 Å². The molecule has 4 nitrogen and oxygen atoms in total. The number of hydrogen-bond donors (Lipinski definition) is 1. The van der Waals surface area contributed by atoms with Crippen LogP contribution in [0.25, 0.3) is 0 Å². The SMILES string of the molecule is CCc1ccc([C@@H](NC(=O)c2cc[n+]([O-])cc2)c2cccs2)cc1. The van der Waals surface area contributed by atoms with Gasteiger partial charge in [0.15, 0.2) is 12.4 Å². The molecule has 0 spiro atoms. The molecule has 0 saturated carbocycles. The fourth-order valence-corrected chi connectivity index (χ4v) is 3.30. The first kappa shape index (κ1) is 16.2. The van der Waals surface area contributed by atoms with Crippen LogP contribution >= 0.6 is 11.3 Å². The molecule has 0 unspecified atom stereocenters. The topological polar surface area (TPSA) is 56.0 Å². The third-order valence-corrected chi connectivity index (χ3v) is 4.83. The highest BCUT2D eigenvalue weighted by atomic mass is 32.1. The Morgan fingerprint density at radius 2 is 1.88 bits per heavy atom. The number of amides is 1. The van der Waals surface area contributed by atoms with Crippen LogP contribution in [0.2, 0.25) is 0 Å². The van der Waals surface area contributed by atoms with E-state index in [1.807, 2.05) is 17.5 Å². The Morgan fingerprint density at radius 1 is 1.17 bits per heavy atom. The van der Waals surface area contributed by atoms with Crippen molar-refractivity contribution in [3.05, 3.63) is 93.1 Å². The summed E-state index contributed by atoms with van der Waals surface area (Å²) in [5.41, 5.74) is 2.77. The minimum absolute atomic E-state index is 0.200. The molecule has 0 aliphatic heterocycles. The van der Waals surface area contributed by atoms with Gasteiger partial charge in [-0.25, -0.2) is 0 Å². The van der Waals surface area contributed by atoms with Gasteiger partial charge in [0.2, 0.25) is 0 Å². The summed E-state index contributed by atoms with van der Waals surface area (Å²) in [5.74, 6) is -0.200. The number of carbonyl (C=O) groups is 1. The van der Waals surface area contributed by atoms with E-state index < -0.39 is 0 Å². The van der Waals surface area contributed by atoms with Gasteiger partial charge >= 0.3 is 0 Å². The molecule has 0 saturated heterocycles. The molecule has 0 fully saturated rings. The highest BCUT2D eigenvalue weighted by molar-refractivity contribution is 7.10. The number of thiophene rings is 1. The molecular formula is C19H18N2O2S. The average molecular weight is 338 g/mol. The van der Waals surface area contributed by atoms with Crippen LogP contribution in [0.15, 0.2) is 66.3 Å². The number of nitrogens with zero attached hydrogens (tertiary/aromatic N) is 1. The number of nitrogens with one attached hydrogen (secondary N) is 1. The molecular weight excluding hydrogens is 320 g/mol. The third kappa shape index (κ3) is 3.63. The monoisotopic (exact) mass is 338 g/mol. The van der Waals surface area contributed by atoms with Gasteiger partial charge in [-0.3, -0.25) is 4.79 Å². The Hall–Kier alpha value is -2.66. The number of carbonyl (C=O) groups excluding carboxylic acids is 1. The number of hydrogen-bond acceptors (Lipinski definition) is 3. The molecule has 1 N–H and O–H groups in total. The van der Waals surface area contributed by atoms with Gasteiger partial charge in [-0.15, -0.1) is 11.3 Å². The zero-order valence-electron chi connectivity index (χ0n) is 13.3. The highest BCUT2D eigenvalue weighted by Gasteiger charge is 2.19. The summed E-state index contributed by atoms with van der Waals surface area (Å²) in [4.78, 5) is 13.6. The lowest BCUT2D eigenvalue weighted by Crippen LogP contribution is -2.30. The Balaban J connectivity index is 1.87. The lowest BCUT2D eigenvalue weighted by molar-refractivity contribution is -0.605. The summed E-state index contributed by atoms with van der Waals surface area (Å²) < 4.78 is 0.664. The Kier molecular flexibility index (Phi) is 4.91. The second-order valence-corrected chi connectivity index (χ2v) is 6.44. The maximum Gasteiger partial charge on any atom is 0.252 e. The predicted octanol–water partition coefficient (Wildman–Crippen LogP) is 3.46. The van der Waals surface area contributed by atoms with Crippen molar-refractivity contribution in [3.63, 3.8) is 0 Å². The maximum atomic E-state index is 12.5. The van der Waals surface area contributed by atoms with E-state index in [9.17, 15) is 10.0 Å². The largest absolute Gasteiger partial charge is 0.619 e. The second kappa shape index (κ2) is 7.27. The third-order valence-electron chi connectivity index (χ3n) is 3.89. The lowest BCUT2D eigenvalue weighted by atomic mass is 10.0. The van der Waals surface area contributed by atoms with E-state index in [2.05, 4.69) is 36.5 Å². The number of pyridine rings is 1. The van der Waals surface area contributed by atoms with Crippen molar-refractivity contribution in [2.45, 2.75) is 19.4 Å². The van der Waals surface area contributed by atoms with Crippen LogP contribution in [0.3, 0.4) is 0 Å². The van der Waals surface area contributed by atoms with Crippen molar-refractivity contribution in [2.75, 3.05) is 0 Å². The minimum Gasteiger partial charge on any atom is -0.619 e. The molecule has 1 atom stereocenters. The number of aryl methyl sites for hydroxylation is 1. The zero-order valence-corrected chi connectivity index (χ0v) is 14.1. The van der Waals surface area contributed by atoms with E-state index in [4.69, 9.17) is 0 Å². The summed E-state index contributed by atoms with van der Waals surface area (Å²) in [5, 5.41) is 16.2. The Bertz CT molecular complexity index is 796. The van der Waals surface area contributed by atoms with Gasteiger partial charge in [-0.2, -0.15) is 4.73 Å². The highest BCUT2D eigenvalue weighted by Crippen LogP contribution is 2.26. The molecule has 2 aromatic heterocycles. The van der Waals surface area contributed by atoms with Crippen molar-refractivity contribution in [2.24, 2.45) is 0 Å². The fourth-order valence-electron chi connectivity index (χ4n) is 2.50. The number of aromatic nitrogens is 1. The van der Waals surface area contributed by atoms with E-state index in [-0.39, 0.29) is 11.9 Å². The predicted molar refractivity (Wildman–Crippen MR) is 94.9 cm³/mol. The molecule has 0 aliphatic carbocycles. The first-order chi connectivity index (χ1) is 11.7. The molecule has 1 amide bonds. The smallest absolute Gasteiger partial charge is 0.252 e. The average Bonchev–Trinajstić information content (AvgIpc) is 3.14. The summed E-state index contributed by atoms with van der Waals surface area (Å²) in [6, 6.07) is 15.1. The van der Waals surface area contributed by atoms with Crippen molar-refractivity contribution in [1.29, 1.82) is 0 Å². The molecule has 2 heterocycles. The molecule has 24 heavy (non-hydrogen) atoms. The van der Waals surface area contributed by atoms with Crippen LogP contribution in [-0.4, -0.2) is 5.91 Å². The molecule has 3 aromatic rings. The fraction of sp³-hybridized carbons (Fsp3) is 0.158. The summed E-state index contributed by atoms with van der Waals surface area (Å²) in [6.45, 7) is 2.12. The van der Waals surface area contributed by atoms with Gasteiger partial charge in [-0.1, -0.05) is 37.3 Å². The van der Waals surface area contributed by atoms with E-state index in [1.54, 1.807) is 11.3 Å². The summed E-state index contributed by atoms with van der Waals surface area (Å²) >= 11 is 1.61. The number of benzene rings is 1. The van der Waals surface area contributed by atoms with Gasteiger partial charge < -0.3 is 10.5 Å². The summed E-state index contributed by atoms with van der Waals surface area (Å²) in [7, 11) is 0. The van der Waals surface area contributed by atoms with Crippen LogP contribution in [-0.2, 0) is 6.42 Å². The van der Waals surface area contributed by atoms with Crippen LogP contribution in [0.1, 0.15) is 39.3 Å². The molecule has 1 aromatic carbocycles. The molecule has 3 rings (SSSR count). The molecule has 122 valence electrons. The minimum atomic E-state index is -0.206. The maximum absolute atomic E-state index is 12.5. The molecule has 0 aliphatic rings. The van der Waals surface area contributed by atoms with Crippen LogP contribution in [0, 0.1) is 5.21 Å². The Morgan fingerprint density at radius 3 is 2.46 bits per heavy atom. The van der Waals surface area contributed by atoms with E-state index >= 15 is 0 Å². The van der Waals surface area contributed by atoms with Crippen LogP contribution in [0.5, 0.6) is 0 Å². The standard InChI is InChI=1S/C19H18N2O2S/c1-2-14-5-7-15(8-6-14)18(17-4-3-13-24-17)20-19(22)16-9-11-21(23)12-10-16/h3-13,18H,2H2,1H3,(H,20,22)/t18-/m1/s1. The second-order valence-electron chi connectivity index (χ2n) is 5.46. The van der Waals surface area contributed by atoms with Crippen molar-refractivity contribution in [3.8, 4) is 0 Å². The molecule has 0 radical (unpaired) electrons. The van der Waals surface area contributed by atoms with E-state index in [1.165, 1.54) is 30.1 Å². The number of rotatable bonds is 5. The van der Waals surface area contributed by atoms with Crippen LogP contribution < -0.4 is 10.0 Å². The van der Waals surface area contributed by atoms with Gasteiger partial charge in [0.25, 0.3) is 5.91 Å². The van der Waals surface area contributed by atoms with Crippen LogP contribution in [0.4, 0.5) is 0 Å². The van der Waals surface area contributed by atoms with Gasteiger partial charge in [0.05, 0.1) is 11.6 Å². The zero-order chi connectivity index (χ0) is 16.9. The first-order valence-corrected chi connectivity index (χ1v) is 8.67. The quantitative estimate of drug-likeness (QED) is 0.572. The lowest BCUT2D eigenvalue weighted by Gasteiger charge is -2.18. The Labute approximate surface area is 145 Å². The van der Waals surface area contributed by atoms with Gasteiger partial charge in [0.1, 0.15) is 0 Å². The first-order valence-electron chi connectivity index (χ1n) is 7.79. The van der Waals surface area contributed by atoms with E-state index in [0.717, 1.165) is 16.9 Å². The summed E-state index contributed by atoms with van der Waals surface area (Å²) in [6.07, 6.45) is 3.63. The molecule has 5 heteroatoms. The van der Waals surface area contributed by atoms with Gasteiger partial charge in [0, 0.05) is 17.0 Å². The normalized spacial score (nSPS) is 11.9. The van der Waals surface area contributed by atoms with Gasteiger partial charge in [-0.05, 0) is 29.0 Å². The molecule has 0 bridgehead atoms. The van der Waals surface area contributed by atoms with Crippen molar-refractivity contribution < 1.29 is 9.52 Å².